The van der Waals surface area contributed by atoms with Crippen molar-refractivity contribution >= 4 is 5.97 Å². The highest BCUT2D eigenvalue weighted by molar-refractivity contribution is 5.86. The van der Waals surface area contributed by atoms with Gasteiger partial charge in [0.05, 0.1) is 31.0 Å². The van der Waals surface area contributed by atoms with Crippen molar-refractivity contribution in [1.82, 2.24) is 9.78 Å². The van der Waals surface area contributed by atoms with E-state index >= 15 is 0 Å². The van der Waals surface area contributed by atoms with Crippen molar-refractivity contribution in [2.75, 3.05) is 6.61 Å². The number of nitrogens with zero attached hydrogens (tertiary/aromatic N) is 2. The maximum absolute atomic E-state index is 10.4. The van der Waals surface area contributed by atoms with E-state index in [1.165, 1.54) is 17.1 Å². The molecule has 1 heterocycles. The first kappa shape index (κ1) is 9.69. The van der Waals surface area contributed by atoms with Gasteiger partial charge in [0.1, 0.15) is 0 Å². The smallest absolute Gasteiger partial charge is 0.338 e. The molecule has 0 saturated carbocycles. The lowest BCUT2D eigenvalue weighted by Gasteiger charge is -2.05. The lowest BCUT2D eigenvalue weighted by Crippen LogP contribution is -2.20. The van der Waals surface area contributed by atoms with Gasteiger partial charge in [-0.2, -0.15) is 5.10 Å². The Hall–Kier alpha value is -1.40. The summed E-state index contributed by atoms with van der Waals surface area (Å²) in [5.41, 5.74) is 0.0603. The molecule has 0 fully saturated rings. The highest BCUT2D eigenvalue weighted by atomic mass is 16.4. The molecular formula is C7H10N2O4. The van der Waals surface area contributed by atoms with E-state index in [0.29, 0.717) is 0 Å². The monoisotopic (exact) mass is 186 g/mol. The molecule has 6 nitrogen and oxygen atoms in total. The van der Waals surface area contributed by atoms with Crippen LogP contribution in [0.4, 0.5) is 0 Å². The Morgan fingerprint density at radius 2 is 2.38 bits per heavy atom. The van der Waals surface area contributed by atoms with E-state index < -0.39 is 12.1 Å². The van der Waals surface area contributed by atoms with E-state index in [1.807, 2.05) is 0 Å². The average Bonchev–Trinajstić information content (AvgIpc) is 2.52. The quantitative estimate of drug-likeness (QED) is 0.556. The maximum Gasteiger partial charge on any atom is 0.338 e. The second kappa shape index (κ2) is 4.01. The number of aliphatic hydroxyl groups is 2. The summed E-state index contributed by atoms with van der Waals surface area (Å²) in [6.45, 7) is -0.286. The Bertz CT molecular complexity index is 296. The summed E-state index contributed by atoms with van der Waals surface area (Å²) in [7, 11) is 0. The summed E-state index contributed by atoms with van der Waals surface area (Å²) in [6, 6.07) is 0. The van der Waals surface area contributed by atoms with Crippen molar-refractivity contribution in [3.8, 4) is 0 Å². The van der Waals surface area contributed by atoms with Crippen LogP contribution >= 0.6 is 0 Å². The molecule has 1 atom stereocenters. The molecule has 6 heteroatoms. The second-order valence-corrected chi connectivity index (χ2v) is 2.59. The van der Waals surface area contributed by atoms with Crippen molar-refractivity contribution in [3.05, 3.63) is 18.0 Å². The van der Waals surface area contributed by atoms with Crippen molar-refractivity contribution in [2.24, 2.45) is 0 Å². The molecule has 0 aromatic carbocycles. The molecule has 3 N–H and O–H groups in total. The second-order valence-electron chi connectivity index (χ2n) is 2.59. The lowest BCUT2D eigenvalue weighted by atomic mass is 10.3. The molecule has 72 valence electrons. The van der Waals surface area contributed by atoms with E-state index in [9.17, 15) is 4.79 Å². The number of carboxylic acids is 1. The van der Waals surface area contributed by atoms with Crippen LogP contribution in [0.15, 0.2) is 12.4 Å². The van der Waals surface area contributed by atoms with Crippen LogP contribution in [0.25, 0.3) is 0 Å². The van der Waals surface area contributed by atoms with Gasteiger partial charge in [-0.15, -0.1) is 0 Å². The van der Waals surface area contributed by atoms with Gasteiger partial charge in [-0.05, 0) is 0 Å². The molecule has 13 heavy (non-hydrogen) atoms. The van der Waals surface area contributed by atoms with Crippen molar-refractivity contribution in [1.29, 1.82) is 0 Å². The number of carbonyl (C=O) groups is 1. The fraction of sp³-hybridized carbons (Fsp3) is 0.429. The third-order valence-electron chi connectivity index (χ3n) is 1.49. The molecule has 0 radical (unpaired) electrons. The molecule has 0 spiro atoms. The highest BCUT2D eigenvalue weighted by Gasteiger charge is 2.08. The minimum absolute atomic E-state index is 0.0603. The summed E-state index contributed by atoms with van der Waals surface area (Å²) in [5, 5.41) is 29.7. The van der Waals surface area contributed by atoms with Gasteiger partial charge in [0, 0.05) is 6.20 Å². The Kier molecular flexibility index (Phi) is 2.99. The fourth-order valence-corrected chi connectivity index (χ4v) is 0.848. The van der Waals surface area contributed by atoms with Crippen molar-refractivity contribution in [3.63, 3.8) is 0 Å². The standard InChI is InChI=1S/C7H10N2O4/c10-4-6(11)3-9-2-5(1-8-9)7(12)13/h1-2,6,10-11H,3-4H2,(H,12,13)/t6-/m1/s1. The largest absolute Gasteiger partial charge is 0.478 e. The van der Waals surface area contributed by atoms with Crippen LogP contribution in [0.2, 0.25) is 0 Å². The third-order valence-corrected chi connectivity index (χ3v) is 1.49. The minimum atomic E-state index is -1.07. The van der Waals surface area contributed by atoms with Crippen LogP contribution in [0.3, 0.4) is 0 Å². The first-order valence-electron chi connectivity index (χ1n) is 3.68. The van der Waals surface area contributed by atoms with Gasteiger partial charge in [-0.1, -0.05) is 0 Å². The van der Waals surface area contributed by atoms with Crippen LogP contribution in [0.5, 0.6) is 0 Å². The Morgan fingerprint density at radius 1 is 1.69 bits per heavy atom. The van der Waals surface area contributed by atoms with Gasteiger partial charge in [0.2, 0.25) is 0 Å². The summed E-state index contributed by atoms with van der Waals surface area (Å²) in [4.78, 5) is 10.4. The summed E-state index contributed by atoms with van der Waals surface area (Å²) < 4.78 is 1.27. The Labute approximate surface area is 74.0 Å². The number of aromatic carboxylic acids is 1. The zero-order chi connectivity index (χ0) is 9.84. The maximum atomic E-state index is 10.4. The molecule has 1 aromatic rings. The molecule has 0 bridgehead atoms. The van der Waals surface area contributed by atoms with Crippen molar-refractivity contribution < 1.29 is 20.1 Å². The number of hydrogen-bond acceptors (Lipinski definition) is 4. The number of carboxylic acid groups (broad SMARTS) is 1. The third kappa shape index (κ3) is 2.53. The van der Waals surface area contributed by atoms with Gasteiger partial charge in [0.25, 0.3) is 0 Å². The SMILES string of the molecule is O=C(O)c1cnn(C[C@@H](O)CO)c1. The molecule has 0 unspecified atom stereocenters. The van der Waals surface area contributed by atoms with Gasteiger partial charge in [-0.25, -0.2) is 4.79 Å². The molecule has 1 rings (SSSR count). The molecule has 0 aliphatic carbocycles. The normalized spacial score (nSPS) is 12.8. The highest BCUT2D eigenvalue weighted by Crippen LogP contribution is 1.98. The molecule has 0 amide bonds. The van der Waals surface area contributed by atoms with E-state index in [-0.39, 0.29) is 18.7 Å². The van der Waals surface area contributed by atoms with Gasteiger partial charge < -0.3 is 15.3 Å². The zero-order valence-electron chi connectivity index (χ0n) is 6.79. The molecule has 0 aliphatic heterocycles. The predicted molar refractivity (Wildman–Crippen MR) is 42.3 cm³/mol. The first-order chi connectivity index (χ1) is 6.13. The topological polar surface area (TPSA) is 95.6 Å². The van der Waals surface area contributed by atoms with Crippen molar-refractivity contribution in [2.45, 2.75) is 12.6 Å². The average molecular weight is 186 g/mol. The lowest BCUT2D eigenvalue weighted by molar-refractivity contribution is 0.0694. The molecule has 1 aromatic heterocycles. The van der Waals surface area contributed by atoms with Gasteiger partial charge in [0.15, 0.2) is 0 Å². The minimum Gasteiger partial charge on any atom is -0.478 e. The molecule has 0 saturated heterocycles. The van der Waals surface area contributed by atoms with Crippen LogP contribution in [0, 0.1) is 0 Å². The predicted octanol–water partition coefficient (Wildman–Crippen LogP) is -1.07. The van der Waals surface area contributed by atoms with E-state index in [1.54, 1.807) is 0 Å². The summed E-state index contributed by atoms with van der Waals surface area (Å²) in [6.07, 6.45) is 1.56. The van der Waals surface area contributed by atoms with Crippen LogP contribution in [0.1, 0.15) is 10.4 Å². The van der Waals surface area contributed by atoms with Gasteiger partial charge in [-0.3, -0.25) is 4.68 Å². The summed E-state index contributed by atoms with van der Waals surface area (Å²) in [5.74, 6) is -1.07. The Morgan fingerprint density at radius 3 is 2.85 bits per heavy atom. The van der Waals surface area contributed by atoms with Crippen LogP contribution < -0.4 is 0 Å². The van der Waals surface area contributed by atoms with E-state index in [0.717, 1.165) is 0 Å². The molecular weight excluding hydrogens is 176 g/mol. The fourth-order valence-electron chi connectivity index (χ4n) is 0.848. The number of rotatable bonds is 4. The number of aromatic nitrogens is 2. The summed E-state index contributed by atoms with van der Waals surface area (Å²) >= 11 is 0. The Balaban J connectivity index is 2.64. The molecule has 0 aliphatic rings. The van der Waals surface area contributed by atoms with Crippen LogP contribution in [-0.4, -0.2) is 43.8 Å². The number of aliphatic hydroxyl groups excluding tert-OH is 2. The zero-order valence-corrected chi connectivity index (χ0v) is 6.79. The number of hydrogen-bond donors (Lipinski definition) is 3. The van der Waals surface area contributed by atoms with Crippen LogP contribution in [-0.2, 0) is 6.54 Å². The van der Waals surface area contributed by atoms with E-state index in [2.05, 4.69) is 5.10 Å². The van der Waals surface area contributed by atoms with E-state index in [4.69, 9.17) is 15.3 Å². The first-order valence-corrected chi connectivity index (χ1v) is 3.68. The van der Waals surface area contributed by atoms with Gasteiger partial charge >= 0.3 is 5.97 Å².